The number of rotatable bonds is 1. The summed E-state index contributed by atoms with van der Waals surface area (Å²) < 4.78 is 0. The van der Waals surface area contributed by atoms with E-state index in [9.17, 15) is 0 Å². The first kappa shape index (κ1) is 7.10. The van der Waals surface area contributed by atoms with E-state index in [4.69, 9.17) is 0 Å². The van der Waals surface area contributed by atoms with Crippen LogP contribution in [0.3, 0.4) is 0 Å². The molecule has 2 heterocycles. The second kappa shape index (κ2) is 3.22. The largest absolute Gasteiger partial charge is 0.358 e. The van der Waals surface area contributed by atoms with Gasteiger partial charge in [-0.15, -0.1) is 0 Å². The van der Waals surface area contributed by atoms with Crippen LogP contribution in [0.5, 0.6) is 0 Å². The van der Waals surface area contributed by atoms with Crippen molar-refractivity contribution in [3.63, 3.8) is 0 Å². The maximum Gasteiger partial charge on any atom is 0.0853 e. The Balaban J connectivity index is 1.87. The van der Waals surface area contributed by atoms with Gasteiger partial charge in [0, 0.05) is 12.6 Å². The predicted molar refractivity (Wildman–Crippen MR) is 46.0 cm³/mol. The predicted octanol–water partition coefficient (Wildman–Crippen LogP) is 0.0823. The molecular formula is C8H15N3. The lowest BCUT2D eigenvalue weighted by Crippen LogP contribution is -2.41. The average Bonchev–Trinajstić information content (AvgIpc) is 2.58. The van der Waals surface area contributed by atoms with Crippen molar-refractivity contribution in [2.75, 3.05) is 26.2 Å². The molecule has 1 N–H and O–H groups in total. The van der Waals surface area contributed by atoms with Gasteiger partial charge in [-0.2, -0.15) is 0 Å². The van der Waals surface area contributed by atoms with Gasteiger partial charge < -0.3 is 10.2 Å². The van der Waals surface area contributed by atoms with E-state index in [1.54, 1.807) is 0 Å². The number of hydrogen-bond donors (Lipinski definition) is 1. The molecular weight excluding hydrogens is 138 g/mol. The minimum Gasteiger partial charge on any atom is -0.358 e. The van der Waals surface area contributed by atoms with Gasteiger partial charge in [0.05, 0.1) is 12.9 Å². The third kappa shape index (κ3) is 1.53. The molecule has 3 heteroatoms. The zero-order valence-electron chi connectivity index (χ0n) is 6.79. The van der Waals surface area contributed by atoms with E-state index >= 15 is 0 Å². The van der Waals surface area contributed by atoms with Gasteiger partial charge in [-0.3, -0.25) is 4.99 Å². The van der Waals surface area contributed by atoms with Gasteiger partial charge in [-0.25, -0.2) is 0 Å². The van der Waals surface area contributed by atoms with Gasteiger partial charge in [0.15, 0.2) is 0 Å². The highest BCUT2D eigenvalue weighted by molar-refractivity contribution is 5.57. The minimum atomic E-state index is 0.766. The lowest BCUT2D eigenvalue weighted by molar-refractivity contribution is 0.275. The third-order valence-corrected chi connectivity index (χ3v) is 2.49. The van der Waals surface area contributed by atoms with Crippen LogP contribution in [0.15, 0.2) is 4.99 Å². The van der Waals surface area contributed by atoms with Crippen molar-refractivity contribution >= 4 is 6.34 Å². The summed E-state index contributed by atoms with van der Waals surface area (Å²) in [5, 5.41) is 3.37. The van der Waals surface area contributed by atoms with E-state index in [0.717, 1.165) is 19.1 Å². The second-order valence-electron chi connectivity index (χ2n) is 3.24. The molecule has 0 spiro atoms. The quantitative estimate of drug-likeness (QED) is 0.578. The number of aliphatic imine (C=N–C) groups is 1. The van der Waals surface area contributed by atoms with Crippen LogP contribution in [-0.2, 0) is 0 Å². The lowest BCUT2D eigenvalue weighted by atomic mass is 10.1. The molecule has 0 amide bonds. The first-order valence-corrected chi connectivity index (χ1v) is 4.43. The summed E-state index contributed by atoms with van der Waals surface area (Å²) in [6.07, 6.45) is 4.59. The summed E-state index contributed by atoms with van der Waals surface area (Å²) in [6.45, 7) is 4.50. The Morgan fingerprint density at radius 1 is 1.36 bits per heavy atom. The van der Waals surface area contributed by atoms with Gasteiger partial charge in [0.1, 0.15) is 0 Å². The Kier molecular flexibility index (Phi) is 2.08. The first-order valence-electron chi connectivity index (χ1n) is 4.43. The van der Waals surface area contributed by atoms with E-state index in [1.807, 2.05) is 6.34 Å². The normalized spacial score (nSPS) is 26.4. The second-order valence-corrected chi connectivity index (χ2v) is 3.24. The van der Waals surface area contributed by atoms with Gasteiger partial charge in [-0.1, -0.05) is 0 Å². The molecule has 0 aliphatic carbocycles. The van der Waals surface area contributed by atoms with E-state index in [2.05, 4.69) is 15.2 Å². The molecule has 2 aliphatic rings. The molecule has 2 aliphatic heterocycles. The van der Waals surface area contributed by atoms with Crippen molar-refractivity contribution in [1.82, 2.24) is 10.2 Å². The first-order chi connectivity index (χ1) is 5.47. The summed E-state index contributed by atoms with van der Waals surface area (Å²) in [7, 11) is 0. The van der Waals surface area contributed by atoms with Crippen LogP contribution in [0.1, 0.15) is 12.8 Å². The van der Waals surface area contributed by atoms with Crippen LogP contribution in [0, 0.1) is 0 Å². The Morgan fingerprint density at radius 3 is 2.82 bits per heavy atom. The maximum atomic E-state index is 4.22. The molecule has 3 nitrogen and oxygen atoms in total. The summed E-state index contributed by atoms with van der Waals surface area (Å²) >= 11 is 0. The van der Waals surface area contributed by atoms with Crippen LogP contribution in [-0.4, -0.2) is 43.5 Å². The van der Waals surface area contributed by atoms with Crippen LogP contribution < -0.4 is 5.32 Å². The molecule has 1 fully saturated rings. The van der Waals surface area contributed by atoms with Crippen molar-refractivity contribution in [1.29, 1.82) is 0 Å². The number of nitrogens with zero attached hydrogens (tertiary/aromatic N) is 2. The summed E-state index contributed by atoms with van der Waals surface area (Å²) in [5.74, 6) is 0. The summed E-state index contributed by atoms with van der Waals surface area (Å²) in [4.78, 5) is 6.61. The van der Waals surface area contributed by atoms with E-state index < -0.39 is 0 Å². The molecule has 62 valence electrons. The summed E-state index contributed by atoms with van der Waals surface area (Å²) in [6, 6.07) is 0.766. The number of hydrogen-bond acceptors (Lipinski definition) is 3. The molecule has 0 aromatic heterocycles. The molecule has 1 saturated heterocycles. The molecule has 0 saturated carbocycles. The van der Waals surface area contributed by atoms with Crippen molar-refractivity contribution in [3.05, 3.63) is 0 Å². The average molecular weight is 153 g/mol. The zero-order chi connectivity index (χ0) is 7.52. The fourth-order valence-electron chi connectivity index (χ4n) is 1.81. The van der Waals surface area contributed by atoms with Crippen molar-refractivity contribution < 1.29 is 0 Å². The summed E-state index contributed by atoms with van der Waals surface area (Å²) in [5.41, 5.74) is 0. The standard InChI is InChI=1S/C8H15N3/c1-3-9-4-2-8(1)11-6-5-10-7-11/h7-9H,1-6H2. The topological polar surface area (TPSA) is 27.6 Å². The molecule has 0 aromatic carbocycles. The Hall–Kier alpha value is -0.570. The highest BCUT2D eigenvalue weighted by Gasteiger charge is 2.19. The van der Waals surface area contributed by atoms with Crippen LogP contribution >= 0.6 is 0 Å². The Labute approximate surface area is 67.5 Å². The van der Waals surface area contributed by atoms with Crippen LogP contribution in [0.4, 0.5) is 0 Å². The van der Waals surface area contributed by atoms with Crippen molar-refractivity contribution in [3.8, 4) is 0 Å². The van der Waals surface area contributed by atoms with Crippen molar-refractivity contribution in [2.24, 2.45) is 4.99 Å². The Bertz CT molecular complexity index is 149. The monoisotopic (exact) mass is 153 g/mol. The highest BCUT2D eigenvalue weighted by Crippen LogP contribution is 2.11. The van der Waals surface area contributed by atoms with Crippen LogP contribution in [0.25, 0.3) is 0 Å². The van der Waals surface area contributed by atoms with E-state index in [-0.39, 0.29) is 0 Å². The third-order valence-electron chi connectivity index (χ3n) is 2.49. The number of piperidine rings is 1. The molecule has 0 bridgehead atoms. The fourth-order valence-corrected chi connectivity index (χ4v) is 1.81. The minimum absolute atomic E-state index is 0.766. The molecule has 0 unspecified atom stereocenters. The van der Waals surface area contributed by atoms with Crippen LogP contribution in [0.2, 0.25) is 0 Å². The molecule has 11 heavy (non-hydrogen) atoms. The molecule has 0 aromatic rings. The SMILES string of the molecule is C1=NCCN1C1CCNCC1. The van der Waals surface area contributed by atoms with Gasteiger partial charge in [0.2, 0.25) is 0 Å². The molecule has 2 rings (SSSR count). The zero-order valence-corrected chi connectivity index (χ0v) is 6.79. The molecule has 0 radical (unpaired) electrons. The van der Waals surface area contributed by atoms with Gasteiger partial charge >= 0.3 is 0 Å². The van der Waals surface area contributed by atoms with Gasteiger partial charge in [-0.05, 0) is 25.9 Å². The number of nitrogens with one attached hydrogen (secondary N) is 1. The smallest absolute Gasteiger partial charge is 0.0853 e. The maximum absolute atomic E-state index is 4.22. The van der Waals surface area contributed by atoms with Gasteiger partial charge in [0.25, 0.3) is 0 Å². The molecule has 0 atom stereocenters. The van der Waals surface area contributed by atoms with E-state index in [1.165, 1.54) is 25.9 Å². The van der Waals surface area contributed by atoms with Crippen molar-refractivity contribution in [2.45, 2.75) is 18.9 Å². The van der Waals surface area contributed by atoms with E-state index in [0.29, 0.717) is 0 Å². The Morgan fingerprint density at radius 2 is 2.18 bits per heavy atom. The fraction of sp³-hybridized carbons (Fsp3) is 0.875. The lowest BCUT2D eigenvalue weighted by Gasteiger charge is -2.30. The highest BCUT2D eigenvalue weighted by atomic mass is 15.2.